The molecule has 0 heterocycles. The van der Waals surface area contributed by atoms with Crippen LogP contribution in [0.15, 0.2) is 18.2 Å². The highest BCUT2D eigenvalue weighted by Gasteiger charge is 2.28. The molecule has 1 aromatic rings. The van der Waals surface area contributed by atoms with Crippen molar-refractivity contribution < 1.29 is 13.9 Å². The molecule has 0 aliphatic heterocycles. The van der Waals surface area contributed by atoms with Crippen molar-refractivity contribution in [3.63, 3.8) is 0 Å². The maximum Gasteiger partial charge on any atom is 0.165 e. The van der Waals surface area contributed by atoms with E-state index < -0.39 is 0 Å². The van der Waals surface area contributed by atoms with E-state index in [2.05, 4.69) is 0 Å². The van der Waals surface area contributed by atoms with E-state index in [4.69, 9.17) is 4.74 Å². The van der Waals surface area contributed by atoms with E-state index in [0.717, 1.165) is 5.56 Å². The van der Waals surface area contributed by atoms with Gasteiger partial charge in [-0.3, -0.25) is 4.79 Å². The summed E-state index contributed by atoms with van der Waals surface area (Å²) in [5.41, 5.74) is 0.951. The summed E-state index contributed by atoms with van der Waals surface area (Å²) < 4.78 is 18.5. The standard InChI is InChI=1S/C11H11FO2/c1-7-2-3-10(12)11(4-7)14-9-5-8(13)6-9/h2-4,9H,5-6H2,1H3. The molecule has 14 heavy (non-hydrogen) atoms. The van der Waals surface area contributed by atoms with Crippen LogP contribution in [-0.4, -0.2) is 11.9 Å². The normalized spacial score (nSPS) is 16.6. The summed E-state index contributed by atoms with van der Waals surface area (Å²) in [6.07, 6.45) is 0.694. The van der Waals surface area contributed by atoms with Crippen LogP contribution in [0.5, 0.6) is 5.75 Å². The monoisotopic (exact) mass is 194 g/mol. The zero-order chi connectivity index (χ0) is 10.1. The molecule has 1 aromatic carbocycles. The molecule has 0 radical (unpaired) electrons. The van der Waals surface area contributed by atoms with Gasteiger partial charge in [-0.1, -0.05) is 6.07 Å². The number of carbonyl (C=O) groups excluding carboxylic acids is 1. The van der Waals surface area contributed by atoms with Gasteiger partial charge in [0.2, 0.25) is 0 Å². The Kier molecular flexibility index (Phi) is 2.23. The number of hydrogen-bond acceptors (Lipinski definition) is 2. The Bertz CT molecular complexity index is 366. The molecule has 74 valence electrons. The molecule has 1 aliphatic rings. The summed E-state index contributed by atoms with van der Waals surface area (Å²) in [5.74, 6) is 0.0699. The Balaban J connectivity index is 2.08. The lowest BCUT2D eigenvalue weighted by Gasteiger charge is -2.25. The van der Waals surface area contributed by atoms with Gasteiger partial charge in [0, 0.05) is 12.8 Å². The maximum atomic E-state index is 13.2. The second-order valence-electron chi connectivity index (χ2n) is 3.62. The van der Waals surface area contributed by atoms with Gasteiger partial charge < -0.3 is 4.74 Å². The van der Waals surface area contributed by atoms with E-state index in [9.17, 15) is 9.18 Å². The summed E-state index contributed by atoms with van der Waals surface area (Å²) in [4.78, 5) is 10.7. The minimum atomic E-state index is -0.366. The van der Waals surface area contributed by atoms with Crippen molar-refractivity contribution in [3.05, 3.63) is 29.6 Å². The van der Waals surface area contributed by atoms with E-state index in [1.807, 2.05) is 6.92 Å². The summed E-state index contributed by atoms with van der Waals surface area (Å²) in [6, 6.07) is 4.72. The second kappa shape index (κ2) is 3.40. The molecule has 0 saturated heterocycles. The molecular weight excluding hydrogens is 183 g/mol. The lowest BCUT2D eigenvalue weighted by molar-refractivity contribution is -0.129. The minimum absolute atomic E-state index is 0.126. The highest BCUT2D eigenvalue weighted by molar-refractivity contribution is 5.85. The van der Waals surface area contributed by atoms with Crippen LogP contribution in [0.3, 0.4) is 0 Å². The first-order valence-electron chi connectivity index (χ1n) is 4.59. The Morgan fingerprint density at radius 2 is 2.14 bits per heavy atom. The molecule has 0 spiro atoms. The lowest BCUT2D eigenvalue weighted by Crippen LogP contribution is -2.33. The lowest BCUT2D eigenvalue weighted by atomic mass is 9.94. The molecular formula is C11H11FO2. The van der Waals surface area contributed by atoms with E-state index in [0.29, 0.717) is 12.8 Å². The fourth-order valence-electron chi connectivity index (χ4n) is 1.41. The van der Waals surface area contributed by atoms with Gasteiger partial charge in [-0.05, 0) is 24.6 Å². The van der Waals surface area contributed by atoms with Gasteiger partial charge in [-0.2, -0.15) is 0 Å². The molecule has 0 unspecified atom stereocenters. The molecule has 1 fully saturated rings. The molecule has 0 atom stereocenters. The predicted molar refractivity (Wildman–Crippen MR) is 49.8 cm³/mol. The van der Waals surface area contributed by atoms with Crippen molar-refractivity contribution in [1.82, 2.24) is 0 Å². The van der Waals surface area contributed by atoms with Crippen molar-refractivity contribution in [3.8, 4) is 5.75 Å². The van der Waals surface area contributed by atoms with Crippen LogP contribution in [0.25, 0.3) is 0 Å². The van der Waals surface area contributed by atoms with E-state index in [-0.39, 0.29) is 23.5 Å². The molecule has 3 heteroatoms. The Labute approximate surface area is 81.7 Å². The smallest absolute Gasteiger partial charge is 0.165 e. The summed E-state index contributed by atoms with van der Waals surface area (Å²) in [7, 11) is 0. The van der Waals surface area contributed by atoms with Crippen LogP contribution in [0.1, 0.15) is 18.4 Å². The van der Waals surface area contributed by atoms with Crippen LogP contribution in [0.4, 0.5) is 4.39 Å². The number of rotatable bonds is 2. The van der Waals surface area contributed by atoms with Crippen LogP contribution in [0.2, 0.25) is 0 Å². The van der Waals surface area contributed by atoms with Crippen molar-refractivity contribution in [2.45, 2.75) is 25.9 Å². The van der Waals surface area contributed by atoms with Crippen LogP contribution in [-0.2, 0) is 4.79 Å². The molecule has 0 aromatic heterocycles. The first-order chi connectivity index (χ1) is 6.65. The van der Waals surface area contributed by atoms with Gasteiger partial charge in [-0.25, -0.2) is 4.39 Å². The first kappa shape index (κ1) is 9.19. The van der Waals surface area contributed by atoms with Crippen molar-refractivity contribution in [1.29, 1.82) is 0 Å². The molecule has 2 rings (SSSR count). The average molecular weight is 194 g/mol. The Hall–Kier alpha value is -1.38. The highest BCUT2D eigenvalue weighted by Crippen LogP contribution is 2.25. The van der Waals surface area contributed by atoms with E-state index in [1.165, 1.54) is 6.07 Å². The largest absolute Gasteiger partial charge is 0.486 e. The number of ketones is 1. The van der Waals surface area contributed by atoms with Gasteiger partial charge >= 0.3 is 0 Å². The minimum Gasteiger partial charge on any atom is -0.486 e. The average Bonchev–Trinajstić information content (AvgIpc) is 2.09. The second-order valence-corrected chi connectivity index (χ2v) is 3.62. The van der Waals surface area contributed by atoms with Gasteiger partial charge in [0.15, 0.2) is 11.6 Å². The number of Topliss-reactive ketones (excluding diaryl/α,β-unsaturated/α-hetero) is 1. The number of aryl methyl sites for hydroxylation is 1. The molecule has 0 amide bonds. The van der Waals surface area contributed by atoms with Crippen molar-refractivity contribution in [2.75, 3.05) is 0 Å². The third-order valence-corrected chi connectivity index (χ3v) is 2.29. The number of halogens is 1. The third kappa shape index (κ3) is 1.76. The van der Waals surface area contributed by atoms with Gasteiger partial charge in [-0.15, -0.1) is 0 Å². The molecule has 0 N–H and O–H groups in total. The van der Waals surface area contributed by atoms with Gasteiger partial charge in [0.05, 0.1) is 0 Å². The fraction of sp³-hybridized carbons (Fsp3) is 0.364. The topological polar surface area (TPSA) is 26.3 Å². The van der Waals surface area contributed by atoms with Crippen molar-refractivity contribution >= 4 is 5.78 Å². The molecule has 2 nitrogen and oxygen atoms in total. The zero-order valence-corrected chi connectivity index (χ0v) is 7.92. The van der Waals surface area contributed by atoms with Gasteiger partial charge in [0.1, 0.15) is 11.9 Å². The zero-order valence-electron chi connectivity index (χ0n) is 7.92. The summed E-state index contributed by atoms with van der Waals surface area (Å²) in [6.45, 7) is 1.87. The summed E-state index contributed by atoms with van der Waals surface area (Å²) >= 11 is 0. The fourth-order valence-corrected chi connectivity index (χ4v) is 1.41. The van der Waals surface area contributed by atoms with Crippen LogP contribution < -0.4 is 4.74 Å². The number of benzene rings is 1. The van der Waals surface area contributed by atoms with E-state index in [1.54, 1.807) is 12.1 Å². The van der Waals surface area contributed by atoms with Crippen molar-refractivity contribution in [2.24, 2.45) is 0 Å². The SMILES string of the molecule is Cc1ccc(F)c(OC2CC(=O)C2)c1. The Morgan fingerprint density at radius 3 is 2.79 bits per heavy atom. The van der Waals surface area contributed by atoms with Crippen LogP contribution >= 0.6 is 0 Å². The number of carbonyl (C=O) groups is 1. The summed E-state index contributed by atoms with van der Waals surface area (Å²) in [5, 5.41) is 0. The highest BCUT2D eigenvalue weighted by atomic mass is 19.1. The molecule has 0 bridgehead atoms. The first-order valence-corrected chi connectivity index (χ1v) is 4.59. The van der Waals surface area contributed by atoms with E-state index >= 15 is 0 Å². The third-order valence-electron chi connectivity index (χ3n) is 2.29. The Morgan fingerprint density at radius 1 is 1.43 bits per heavy atom. The predicted octanol–water partition coefficient (Wildman–Crippen LogP) is 2.24. The van der Waals surface area contributed by atoms with Gasteiger partial charge in [0.25, 0.3) is 0 Å². The molecule has 1 saturated carbocycles. The molecule has 1 aliphatic carbocycles. The number of ether oxygens (including phenoxy) is 1. The van der Waals surface area contributed by atoms with Crippen LogP contribution in [0, 0.1) is 12.7 Å². The quantitative estimate of drug-likeness (QED) is 0.721. The number of hydrogen-bond donors (Lipinski definition) is 0. The maximum absolute atomic E-state index is 13.2.